The van der Waals surface area contributed by atoms with Gasteiger partial charge in [0.15, 0.2) is 17.4 Å². The summed E-state index contributed by atoms with van der Waals surface area (Å²) in [7, 11) is -3.64. The molecule has 0 radical (unpaired) electrons. The number of nitrogens with zero attached hydrogens (tertiary/aromatic N) is 3. The lowest BCUT2D eigenvalue weighted by Gasteiger charge is -2.35. The van der Waals surface area contributed by atoms with Crippen LogP contribution >= 0.6 is 0 Å². The summed E-state index contributed by atoms with van der Waals surface area (Å²) in [6, 6.07) is 12.7. The number of sulfonamides is 1. The van der Waals surface area contributed by atoms with E-state index < -0.39 is 10.0 Å². The fourth-order valence-electron chi connectivity index (χ4n) is 3.76. The molecule has 0 aliphatic carbocycles. The number of oxazole rings is 1. The van der Waals surface area contributed by atoms with E-state index >= 15 is 0 Å². The van der Waals surface area contributed by atoms with E-state index in [1.807, 2.05) is 18.2 Å². The molecular formula is C23H25N3O4S. The van der Waals surface area contributed by atoms with Crippen LogP contribution in [0.3, 0.4) is 0 Å². The van der Waals surface area contributed by atoms with E-state index in [0.717, 1.165) is 5.69 Å². The molecule has 2 aromatic carbocycles. The van der Waals surface area contributed by atoms with Crippen molar-refractivity contribution in [3.05, 3.63) is 65.7 Å². The molecule has 0 saturated carbocycles. The molecule has 0 atom stereocenters. The summed E-state index contributed by atoms with van der Waals surface area (Å²) in [6.45, 7) is 7.04. The topological polar surface area (TPSA) is 83.7 Å². The second-order valence-electron chi connectivity index (χ2n) is 7.72. The fraction of sp³-hybridized carbons (Fsp3) is 0.304. The summed E-state index contributed by atoms with van der Waals surface area (Å²) in [6.07, 6.45) is 1.60. The summed E-state index contributed by atoms with van der Waals surface area (Å²) in [5.74, 6) is 1.11. The first-order chi connectivity index (χ1) is 14.8. The van der Waals surface area contributed by atoms with Crippen molar-refractivity contribution in [3.63, 3.8) is 0 Å². The third-order valence-corrected chi connectivity index (χ3v) is 7.63. The van der Waals surface area contributed by atoms with Crippen LogP contribution in [0, 0.1) is 13.8 Å². The van der Waals surface area contributed by atoms with Gasteiger partial charge in [0.25, 0.3) is 0 Å². The SMILES string of the molecule is CC(=O)c1ccc(N2CCN(S(=O)(=O)c3cc(-c4cnc(C)o4)ccc3C)CC2)cc1. The minimum absolute atomic E-state index is 0.0283. The van der Waals surface area contributed by atoms with Crippen LogP contribution in [-0.4, -0.2) is 49.7 Å². The van der Waals surface area contributed by atoms with Crippen molar-refractivity contribution in [1.82, 2.24) is 9.29 Å². The average molecular weight is 440 g/mol. The number of hydrogen-bond donors (Lipinski definition) is 0. The number of benzene rings is 2. The summed E-state index contributed by atoms with van der Waals surface area (Å²) in [5.41, 5.74) is 3.04. The summed E-state index contributed by atoms with van der Waals surface area (Å²) >= 11 is 0. The normalized spacial score (nSPS) is 15.3. The molecule has 7 nitrogen and oxygen atoms in total. The molecule has 0 spiro atoms. The van der Waals surface area contributed by atoms with Crippen molar-refractivity contribution in [1.29, 1.82) is 0 Å². The standard InChI is InChI=1S/C23H25N3O4S/c1-16-4-5-20(22-15-24-18(3)30-22)14-23(16)31(28,29)26-12-10-25(11-13-26)21-8-6-19(7-9-21)17(2)27/h4-9,14-15H,10-13H2,1-3H3. The fourth-order valence-corrected chi connectivity index (χ4v) is 5.43. The van der Waals surface area contributed by atoms with Crippen LogP contribution in [0.15, 0.2) is 58.0 Å². The van der Waals surface area contributed by atoms with Crippen molar-refractivity contribution in [2.75, 3.05) is 31.1 Å². The number of carbonyl (C=O) groups is 1. The summed E-state index contributed by atoms with van der Waals surface area (Å²) in [4.78, 5) is 18.0. The Bertz CT molecular complexity index is 1210. The lowest BCUT2D eigenvalue weighted by atomic mass is 10.1. The van der Waals surface area contributed by atoms with Gasteiger partial charge < -0.3 is 9.32 Å². The largest absolute Gasteiger partial charge is 0.441 e. The highest BCUT2D eigenvalue weighted by Gasteiger charge is 2.30. The molecular weight excluding hydrogens is 414 g/mol. The highest BCUT2D eigenvalue weighted by atomic mass is 32.2. The predicted octanol–water partition coefficient (Wildman–Crippen LogP) is 3.67. The van der Waals surface area contributed by atoms with E-state index in [9.17, 15) is 13.2 Å². The van der Waals surface area contributed by atoms with E-state index in [2.05, 4.69) is 9.88 Å². The van der Waals surface area contributed by atoms with E-state index in [4.69, 9.17) is 4.42 Å². The molecule has 31 heavy (non-hydrogen) atoms. The van der Waals surface area contributed by atoms with E-state index in [-0.39, 0.29) is 5.78 Å². The molecule has 0 bridgehead atoms. The maximum absolute atomic E-state index is 13.4. The second kappa shape index (κ2) is 8.28. The van der Waals surface area contributed by atoms with Crippen molar-refractivity contribution >= 4 is 21.5 Å². The number of aryl methyl sites for hydroxylation is 2. The first-order valence-corrected chi connectivity index (χ1v) is 11.6. The third-order valence-electron chi connectivity index (χ3n) is 5.59. The number of anilines is 1. The Morgan fingerprint density at radius 3 is 2.26 bits per heavy atom. The number of hydrogen-bond acceptors (Lipinski definition) is 6. The van der Waals surface area contributed by atoms with Gasteiger partial charge >= 0.3 is 0 Å². The van der Waals surface area contributed by atoms with Crippen LogP contribution in [0.1, 0.15) is 28.7 Å². The summed E-state index contributed by atoms with van der Waals surface area (Å²) in [5, 5.41) is 0. The van der Waals surface area contributed by atoms with Gasteiger partial charge in [-0.15, -0.1) is 0 Å². The lowest BCUT2D eigenvalue weighted by molar-refractivity contribution is 0.101. The molecule has 162 valence electrons. The Labute approximate surface area is 182 Å². The van der Waals surface area contributed by atoms with Crippen LogP contribution in [0.25, 0.3) is 11.3 Å². The predicted molar refractivity (Wildman–Crippen MR) is 119 cm³/mol. The van der Waals surface area contributed by atoms with Crippen molar-refractivity contribution in [3.8, 4) is 11.3 Å². The number of Topliss-reactive ketones (excluding diaryl/α,β-unsaturated/α-hetero) is 1. The third kappa shape index (κ3) is 4.26. The van der Waals surface area contributed by atoms with Gasteiger partial charge in [0.05, 0.1) is 11.1 Å². The Morgan fingerprint density at radius 1 is 1.00 bits per heavy atom. The highest BCUT2D eigenvalue weighted by Crippen LogP contribution is 2.28. The molecule has 0 N–H and O–H groups in total. The Hall–Kier alpha value is -2.97. The molecule has 1 fully saturated rings. The van der Waals surface area contributed by atoms with Crippen LogP contribution in [0.5, 0.6) is 0 Å². The highest BCUT2D eigenvalue weighted by molar-refractivity contribution is 7.89. The number of aromatic nitrogens is 1. The van der Waals surface area contributed by atoms with Crippen molar-refractivity contribution in [2.24, 2.45) is 0 Å². The van der Waals surface area contributed by atoms with Crippen LogP contribution in [0.2, 0.25) is 0 Å². The van der Waals surface area contributed by atoms with Gasteiger partial charge in [0, 0.05) is 49.9 Å². The molecule has 1 aliphatic rings. The lowest BCUT2D eigenvalue weighted by Crippen LogP contribution is -2.48. The molecule has 3 aromatic rings. The maximum atomic E-state index is 13.4. The molecule has 0 amide bonds. The van der Waals surface area contributed by atoms with E-state index in [1.165, 1.54) is 4.31 Å². The van der Waals surface area contributed by atoms with Gasteiger partial charge in [0.1, 0.15) is 0 Å². The first kappa shape index (κ1) is 21.3. The van der Waals surface area contributed by atoms with E-state index in [1.54, 1.807) is 51.2 Å². The van der Waals surface area contributed by atoms with Crippen LogP contribution in [-0.2, 0) is 10.0 Å². The van der Waals surface area contributed by atoms with Crippen LogP contribution in [0.4, 0.5) is 5.69 Å². The Kier molecular flexibility index (Phi) is 5.68. The second-order valence-corrected chi connectivity index (χ2v) is 9.62. The first-order valence-electron chi connectivity index (χ1n) is 10.2. The molecule has 0 unspecified atom stereocenters. The molecule has 1 saturated heterocycles. The van der Waals surface area contributed by atoms with Gasteiger partial charge in [0.2, 0.25) is 10.0 Å². The Balaban J connectivity index is 1.52. The van der Waals surface area contributed by atoms with E-state index in [0.29, 0.717) is 59.4 Å². The number of ketones is 1. The average Bonchev–Trinajstić information content (AvgIpc) is 3.20. The van der Waals surface area contributed by atoms with Gasteiger partial charge in [-0.2, -0.15) is 4.31 Å². The molecule has 2 heterocycles. The zero-order chi connectivity index (χ0) is 22.2. The monoisotopic (exact) mass is 439 g/mol. The van der Waals surface area contributed by atoms with Crippen molar-refractivity contribution in [2.45, 2.75) is 25.7 Å². The smallest absolute Gasteiger partial charge is 0.243 e. The summed E-state index contributed by atoms with van der Waals surface area (Å²) < 4.78 is 33.9. The minimum atomic E-state index is -3.64. The van der Waals surface area contributed by atoms with Gasteiger partial charge in [-0.05, 0) is 49.7 Å². The maximum Gasteiger partial charge on any atom is 0.243 e. The zero-order valence-corrected chi connectivity index (χ0v) is 18.6. The molecule has 1 aromatic heterocycles. The van der Waals surface area contributed by atoms with Gasteiger partial charge in [-0.1, -0.05) is 12.1 Å². The molecule has 4 rings (SSSR count). The minimum Gasteiger partial charge on any atom is -0.441 e. The van der Waals surface area contributed by atoms with Crippen molar-refractivity contribution < 1.29 is 17.6 Å². The molecule has 1 aliphatic heterocycles. The molecule has 8 heteroatoms. The number of carbonyl (C=O) groups excluding carboxylic acids is 1. The number of piperazine rings is 1. The zero-order valence-electron chi connectivity index (χ0n) is 17.8. The Morgan fingerprint density at radius 2 is 1.68 bits per heavy atom. The quantitative estimate of drug-likeness (QED) is 0.564. The van der Waals surface area contributed by atoms with Gasteiger partial charge in [-0.25, -0.2) is 13.4 Å². The number of rotatable bonds is 5. The van der Waals surface area contributed by atoms with Gasteiger partial charge in [-0.3, -0.25) is 4.79 Å². The van der Waals surface area contributed by atoms with Crippen LogP contribution < -0.4 is 4.90 Å².